The maximum absolute atomic E-state index is 12.5. The quantitative estimate of drug-likeness (QED) is 0.733. The van der Waals surface area contributed by atoms with Gasteiger partial charge >= 0.3 is 0 Å². The number of aryl methyl sites for hydroxylation is 1. The van der Waals surface area contributed by atoms with Crippen LogP contribution >= 0.6 is 0 Å². The fourth-order valence-electron chi connectivity index (χ4n) is 3.91. The minimum atomic E-state index is 0.0242. The van der Waals surface area contributed by atoms with Crippen molar-refractivity contribution in [2.45, 2.75) is 32.2 Å². The molecule has 0 aliphatic carbocycles. The highest BCUT2D eigenvalue weighted by molar-refractivity contribution is 5.78. The Hall–Kier alpha value is -2.66. The summed E-state index contributed by atoms with van der Waals surface area (Å²) in [5.74, 6) is 0.0242. The fraction of sp³-hybridized carbons (Fsp3) is 0.364. The van der Waals surface area contributed by atoms with Gasteiger partial charge in [0.2, 0.25) is 5.91 Å². The van der Waals surface area contributed by atoms with E-state index in [0.717, 1.165) is 30.0 Å². The Morgan fingerprint density at radius 1 is 1.15 bits per heavy atom. The molecule has 1 fully saturated rings. The SMILES string of the molecule is Cc1cccn2cc(CC(=O)NCC(c3ccccc3)N3CCCC3)nc12. The third-order valence-corrected chi connectivity index (χ3v) is 5.33. The van der Waals surface area contributed by atoms with Crippen LogP contribution < -0.4 is 5.32 Å². The second kappa shape index (κ2) is 7.92. The number of hydrogen-bond acceptors (Lipinski definition) is 3. The summed E-state index contributed by atoms with van der Waals surface area (Å²) >= 11 is 0. The molecule has 0 radical (unpaired) electrons. The highest BCUT2D eigenvalue weighted by Crippen LogP contribution is 2.24. The molecule has 1 atom stereocenters. The van der Waals surface area contributed by atoms with Crippen molar-refractivity contribution in [2.75, 3.05) is 19.6 Å². The number of carbonyl (C=O) groups is 1. The molecule has 1 aliphatic rings. The van der Waals surface area contributed by atoms with Gasteiger partial charge in [-0.2, -0.15) is 0 Å². The van der Waals surface area contributed by atoms with Gasteiger partial charge in [-0.3, -0.25) is 9.69 Å². The Labute approximate surface area is 160 Å². The maximum atomic E-state index is 12.5. The van der Waals surface area contributed by atoms with Crippen LogP contribution in [0.15, 0.2) is 54.9 Å². The van der Waals surface area contributed by atoms with Crippen LogP contribution in [-0.4, -0.2) is 39.8 Å². The smallest absolute Gasteiger partial charge is 0.226 e. The Morgan fingerprint density at radius 2 is 1.93 bits per heavy atom. The van der Waals surface area contributed by atoms with E-state index in [9.17, 15) is 4.79 Å². The van der Waals surface area contributed by atoms with E-state index < -0.39 is 0 Å². The Bertz CT molecular complexity index is 912. The Kier molecular flexibility index (Phi) is 5.21. The summed E-state index contributed by atoms with van der Waals surface area (Å²) in [6.07, 6.45) is 6.69. The number of hydrogen-bond donors (Lipinski definition) is 1. The molecule has 1 aromatic carbocycles. The lowest BCUT2D eigenvalue weighted by Gasteiger charge is -2.28. The molecule has 27 heavy (non-hydrogen) atoms. The molecule has 4 rings (SSSR count). The molecule has 3 aromatic rings. The molecule has 1 saturated heterocycles. The number of imidazole rings is 1. The molecule has 1 unspecified atom stereocenters. The monoisotopic (exact) mass is 362 g/mol. The van der Waals surface area contributed by atoms with Crippen LogP contribution in [0.3, 0.4) is 0 Å². The topological polar surface area (TPSA) is 49.6 Å². The summed E-state index contributed by atoms with van der Waals surface area (Å²) in [7, 11) is 0. The summed E-state index contributed by atoms with van der Waals surface area (Å²) in [6, 6.07) is 14.7. The number of likely N-dealkylation sites (tertiary alicyclic amines) is 1. The minimum Gasteiger partial charge on any atom is -0.354 e. The van der Waals surface area contributed by atoms with Gasteiger partial charge < -0.3 is 9.72 Å². The first-order valence-corrected chi connectivity index (χ1v) is 9.69. The van der Waals surface area contributed by atoms with Crippen LogP contribution in [0.1, 0.15) is 35.7 Å². The van der Waals surface area contributed by atoms with Gasteiger partial charge in [-0.1, -0.05) is 36.4 Å². The first-order chi connectivity index (χ1) is 13.2. The van der Waals surface area contributed by atoms with E-state index in [1.54, 1.807) is 0 Å². The maximum Gasteiger partial charge on any atom is 0.226 e. The number of amides is 1. The van der Waals surface area contributed by atoms with Gasteiger partial charge in [-0.15, -0.1) is 0 Å². The standard InChI is InChI=1S/C22H26N4O/c1-17-8-7-13-26-16-19(24-22(17)26)14-21(27)23-15-20(25-11-5-6-12-25)18-9-3-2-4-10-18/h2-4,7-10,13,16,20H,5-6,11-12,14-15H2,1H3,(H,23,27). The number of rotatable bonds is 6. The molecular weight excluding hydrogens is 336 g/mol. The average Bonchev–Trinajstić information content (AvgIpc) is 3.33. The van der Waals surface area contributed by atoms with Gasteiger partial charge in [0.05, 0.1) is 18.2 Å². The predicted molar refractivity (Wildman–Crippen MR) is 107 cm³/mol. The molecule has 1 amide bonds. The van der Waals surface area contributed by atoms with Gasteiger partial charge in [-0.25, -0.2) is 4.98 Å². The molecule has 5 heteroatoms. The number of nitrogens with zero attached hydrogens (tertiary/aromatic N) is 3. The van der Waals surface area contributed by atoms with Crippen molar-refractivity contribution in [2.24, 2.45) is 0 Å². The third-order valence-electron chi connectivity index (χ3n) is 5.33. The lowest BCUT2D eigenvalue weighted by Crippen LogP contribution is -2.37. The van der Waals surface area contributed by atoms with E-state index in [2.05, 4.69) is 39.5 Å². The van der Waals surface area contributed by atoms with Crippen LogP contribution in [0.2, 0.25) is 0 Å². The van der Waals surface area contributed by atoms with Gasteiger partial charge in [0, 0.05) is 18.9 Å². The normalized spacial score (nSPS) is 15.9. The number of fused-ring (bicyclic) bond motifs is 1. The lowest BCUT2D eigenvalue weighted by atomic mass is 10.1. The molecule has 2 aromatic heterocycles. The number of nitrogens with one attached hydrogen (secondary N) is 1. The highest BCUT2D eigenvalue weighted by atomic mass is 16.1. The molecular formula is C22H26N4O. The highest BCUT2D eigenvalue weighted by Gasteiger charge is 2.23. The van der Waals surface area contributed by atoms with Crippen molar-refractivity contribution in [1.82, 2.24) is 19.6 Å². The minimum absolute atomic E-state index is 0.0242. The van der Waals surface area contributed by atoms with Crippen LogP contribution in [0.4, 0.5) is 0 Å². The number of benzene rings is 1. The molecule has 0 bridgehead atoms. The zero-order chi connectivity index (χ0) is 18.6. The summed E-state index contributed by atoms with van der Waals surface area (Å²) in [5, 5.41) is 3.14. The first kappa shape index (κ1) is 17.7. The number of aromatic nitrogens is 2. The van der Waals surface area contributed by atoms with E-state index in [1.807, 2.05) is 41.9 Å². The van der Waals surface area contributed by atoms with Crippen molar-refractivity contribution >= 4 is 11.6 Å². The second-order valence-electron chi connectivity index (χ2n) is 7.30. The number of carbonyl (C=O) groups excluding carboxylic acids is 1. The second-order valence-corrected chi connectivity index (χ2v) is 7.30. The zero-order valence-electron chi connectivity index (χ0n) is 15.8. The fourth-order valence-corrected chi connectivity index (χ4v) is 3.91. The van der Waals surface area contributed by atoms with Crippen LogP contribution in [-0.2, 0) is 11.2 Å². The number of pyridine rings is 1. The van der Waals surface area contributed by atoms with E-state index >= 15 is 0 Å². The van der Waals surface area contributed by atoms with Crippen molar-refractivity contribution in [3.05, 3.63) is 71.7 Å². The molecule has 1 N–H and O–H groups in total. The zero-order valence-corrected chi connectivity index (χ0v) is 15.8. The van der Waals surface area contributed by atoms with Crippen molar-refractivity contribution in [3.8, 4) is 0 Å². The summed E-state index contributed by atoms with van der Waals surface area (Å²) in [5.41, 5.74) is 4.10. The summed E-state index contributed by atoms with van der Waals surface area (Å²) < 4.78 is 1.98. The van der Waals surface area contributed by atoms with Gasteiger partial charge in [0.25, 0.3) is 0 Å². The van der Waals surface area contributed by atoms with Crippen LogP contribution in [0.5, 0.6) is 0 Å². The third kappa shape index (κ3) is 4.03. The van der Waals surface area contributed by atoms with Crippen molar-refractivity contribution in [1.29, 1.82) is 0 Å². The van der Waals surface area contributed by atoms with Crippen molar-refractivity contribution in [3.63, 3.8) is 0 Å². The van der Waals surface area contributed by atoms with E-state index in [0.29, 0.717) is 13.0 Å². The molecule has 140 valence electrons. The predicted octanol–water partition coefficient (Wildman–Crippen LogP) is 3.14. The molecule has 3 heterocycles. The summed E-state index contributed by atoms with van der Waals surface area (Å²) in [6.45, 7) is 4.87. The Balaban J connectivity index is 1.42. The average molecular weight is 362 g/mol. The van der Waals surface area contributed by atoms with E-state index in [4.69, 9.17) is 0 Å². The first-order valence-electron chi connectivity index (χ1n) is 9.69. The van der Waals surface area contributed by atoms with Gasteiger partial charge in [0.15, 0.2) is 0 Å². The Morgan fingerprint density at radius 3 is 2.67 bits per heavy atom. The van der Waals surface area contributed by atoms with Crippen LogP contribution in [0.25, 0.3) is 5.65 Å². The molecule has 1 aliphatic heterocycles. The van der Waals surface area contributed by atoms with Crippen LogP contribution in [0, 0.1) is 6.92 Å². The van der Waals surface area contributed by atoms with E-state index in [-0.39, 0.29) is 11.9 Å². The molecule has 0 saturated carbocycles. The van der Waals surface area contributed by atoms with Crippen molar-refractivity contribution < 1.29 is 4.79 Å². The summed E-state index contributed by atoms with van der Waals surface area (Å²) in [4.78, 5) is 19.6. The lowest BCUT2D eigenvalue weighted by molar-refractivity contribution is -0.120. The molecule has 5 nitrogen and oxygen atoms in total. The van der Waals surface area contributed by atoms with E-state index in [1.165, 1.54) is 18.4 Å². The largest absolute Gasteiger partial charge is 0.354 e. The molecule has 0 spiro atoms. The van der Waals surface area contributed by atoms with Gasteiger partial charge in [-0.05, 0) is 50.0 Å². The van der Waals surface area contributed by atoms with Gasteiger partial charge in [0.1, 0.15) is 5.65 Å².